The smallest absolute Gasteiger partial charge is 0.254 e. The fourth-order valence-electron chi connectivity index (χ4n) is 2.77. The van der Waals surface area contributed by atoms with Gasteiger partial charge < -0.3 is 10.1 Å². The van der Waals surface area contributed by atoms with E-state index in [1.807, 2.05) is 23.1 Å². The standard InChI is InChI=1S/C19H21N3O2/c23-19(18-8-11-22(24)12-9-18)21-15-13-20(14-16-21)10-4-7-17-5-2-1-3-6-17/h1-9,11-12H,10,13-16H2/b7-4+. The van der Waals surface area contributed by atoms with Gasteiger partial charge in [0, 0.05) is 44.9 Å². The summed E-state index contributed by atoms with van der Waals surface area (Å²) in [4.78, 5) is 16.6. The average Bonchev–Trinajstić information content (AvgIpc) is 2.63. The first-order valence-corrected chi connectivity index (χ1v) is 8.14. The predicted molar refractivity (Wildman–Crippen MR) is 93.2 cm³/mol. The lowest BCUT2D eigenvalue weighted by Gasteiger charge is -2.34. The molecule has 1 saturated heterocycles. The van der Waals surface area contributed by atoms with E-state index in [2.05, 4.69) is 29.2 Å². The van der Waals surface area contributed by atoms with Crippen molar-refractivity contribution in [3.63, 3.8) is 0 Å². The van der Waals surface area contributed by atoms with E-state index in [9.17, 15) is 10.0 Å². The van der Waals surface area contributed by atoms with Crippen molar-refractivity contribution in [3.8, 4) is 0 Å². The zero-order valence-electron chi connectivity index (χ0n) is 13.5. The number of rotatable bonds is 4. The molecule has 1 fully saturated rings. The molecule has 24 heavy (non-hydrogen) atoms. The van der Waals surface area contributed by atoms with Gasteiger partial charge in [-0.25, -0.2) is 0 Å². The largest absolute Gasteiger partial charge is 0.619 e. The maximum absolute atomic E-state index is 12.4. The number of pyridine rings is 1. The van der Waals surface area contributed by atoms with Gasteiger partial charge in [-0.3, -0.25) is 9.69 Å². The van der Waals surface area contributed by atoms with Crippen molar-refractivity contribution in [2.24, 2.45) is 0 Å². The van der Waals surface area contributed by atoms with Gasteiger partial charge in [0.05, 0.1) is 5.56 Å². The van der Waals surface area contributed by atoms with Gasteiger partial charge in [0.25, 0.3) is 5.91 Å². The van der Waals surface area contributed by atoms with Crippen LogP contribution >= 0.6 is 0 Å². The lowest BCUT2D eigenvalue weighted by molar-refractivity contribution is -0.605. The maximum atomic E-state index is 12.4. The summed E-state index contributed by atoms with van der Waals surface area (Å²) in [6.07, 6.45) is 7.01. The normalized spacial score (nSPS) is 15.8. The zero-order valence-corrected chi connectivity index (χ0v) is 13.5. The Bertz CT molecular complexity index is 690. The monoisotopic (exact) mass is 323 g/mol. The minimum Gasteiger partial charge on any atom is -0.619 e. The third-order valence-electron chi connectivity index (χ3n) is 4.18. The van der Waals surface area contributed by atoms with E-state index in [4.69, 9.17) is 0 Å². The van der Waals surface area contributed by atoms with Crippen LogP contribution in [0.2, 0.25) is 0 Å². The maximum Gasteiger partial charge on any atom is 0.254 e. The molecule has 1 aliphatic heterocycles. The molecule has 5 nitrogen and oxygen atoms in total. The Labute approximate surface area is 142 Å². The first-order valence-electron chi connectivity index (χ1n) is 8.14. The number of carbonyl (C=O) groups excluding carboxylic acids is 1. The molecule has 5 heteroatoms. The average molecular weight is 323 g/mol. The van der Waals surface area contributed by atoms with Gasteiger partial charge in [0.1, 0.15) is 0 Å². The predicted octanol–water partition coefficient (Wildman–Crippen LogP) is 1.79. The molecule has 0 saturated carbocycles. The molecule has 0 aliphatic carbocycles. The van der Waals surface area contributed by atoms with Gasteiger partial charge >= 0.3 is 0 Å². The van der Waals surface area contributed by atoms with Crippen molar-refractivity contribution in [3.05, 3.63) is 77.3 Å². The zero-order chi connectivity index (χ0) is 16.8. The van der Waals surface area contributed by atoms with E-state index >= 15 is 0 Å². The fraction of sp³-hybridized carbons (Fsp3) is 0.263. The molecule has 0 atom stereocenters. The van der Waals surface area contributed by atoms with Crippen molar-refractivity contribution >= 4 is 12.0 Å². The summed E-state index contributed by atoms with van der Waals surface area (Å²) < 4.78 is 0.688. The van der Waals surface area contributed by atoms with Gasteiger partial charge in [0.2, 0.25) is 0 Å². The van der Waals surface area contributed by atoms with E-state index < -0.39 is 0 Å². The number of hydrogen-bond donors (Lipinski definition) is 0. The van der Waals surface area contributed by atoms with Crippen molar-refractivity contribution in [2.75, 3.05) is 32.7 Å². The van der Waals surface area contributed by atoms with Crippen molar-refractivity contribution in [1.82, 2.24) is 9.80 Å². The molecule has 0 unspecified atom stereocenters. The summed E-state index contributed by atoms with van der Waals surface area (Å²) in [5.74, 6) is -0.00456. The molecule has 1 aliphatic rings. The van der Waals surface area contributed by atoms with Gasteiger partial charge in [0.15, 0.2) is 12.4 Å². The van der Waals surface area contributed by atoms with Crippen LogP contribution in [0.15, 0.2) is 60.9 Å². The van der Waals surface area contributed by atoms with Crippen LogP contribution in [0.4, 0.5) is 0 Å². The van der Waals surface area contributed by atoms with Crippen LogP contribution in [-0.4, -0.2) is 48.4 Å². The summed E-state index contributed by atoms with van der Waals surface area (Å²) in [5, 5.41) is 11.0. The Balaban J connectivity index is 1.48. The minimum atomic E-state index is -0.00456. The second-order valence-electron chi connectivity index (χ2n) is 5.85. The molecule has 2 heterocycles. The van der Waals surface area contributed by atoms with Crippen LogP contribution in [0.3, 0.4) is 0 Å². The van der Waals surface area contributed by atoms with Crippen molar-refractivity contribution < 1.29 is 9.52 Å². The number of nitrogens with zero attached hydrogens (tertiary/aromatic N) is 3. The summed E-state index contributed by atoms with van der Waals surface area (Å²) in [6.45, 7) is 4.03. The summed E-state index contributed by atoms with van der Waals surface area (Å²) in [7, 11) is 0. The first kappa shape index (κ1) is 16.2. The van der Waals surface area contributed by atoms with Gasteiger partial charge in [-0.2, -0.15) is 4.73 Å². The van der Waals surface area contributed by atoms with Crippen LogP contribution in [0.5, 0.6) is 0 Å². The second kappa shape index (κ2) is 7.75. The molecule has 0 radical (unpaired) electrons. The number of hydrogen-bond acceptors (Lipinski definition) is 3. The number of aromatic nitrogens is 1. The van der Waals surface area contributed by atoms with Crippen LogP contribution < -0.4 is 4.73 Å². The summed E-state index contributed by atoms with van der Waals surface area (Å²) in [6, 6.07) is 13.4. The van der Waals surface area contributed by atoms with Crippen molar-refractivity contribution in [2.45, 2.75) is 0 Å². The summed E-state index contributed by atoms with van der Waals surface area (Å²) >= 11 is 0. The highest BCUT2D eigenvalue weighted by Gasteiger charge is 2.21. The Hall–Kier alpha value is -2.66. The van der Waals surface area contributed by atoms with E-state index in [-0.39, 0.29) is 5.91 Å². The van der Waals surface area contributed by atoms with Crippen LogP contribution in [0.1, 0.15) is 15.9 Å². The Morgan fingerprint density at radius 2 is 1.71 bits per heavy atom. The molecule has 0 N–H and O–H groups in total. The highest BCUT2D eigenvalue weighted by molar-refractivity contribution is 5.94. The highest BCUT2D eigenvalue weighted by atomic mass is 16.5. The van der Waals surface area contributed by atoms with Gasteiger partial charge in [-0.05, 0) is 5.56 Å². The van der Waals surface area contributed by atoms with Crippen LogP contribution in [0, 0.1) is 5.21 Å². The molecule has 1 amide bonds. The quantitative estimate of drug-likeness (QED) is 0.637. The van der Waals surface area contributed by atoms with Gasteiger partial charge in [-0.1, -0.05) is 42.5 Å². The molecule has 1 aromatic heterocycles. The number of carbonyl (C=O) groups is 1. The lowest BCUT2D eigenvalue weighted by atomic mass is 10.2. The molecule has 3 rings (SSSR count). The van der Waals surface area contributed by atoms with Crippen molar-refractivity contribution in [1.29, 1.82) is 0 Å². The first-order chi connectivity index (χ1) is 11.7. The van der Waals surface area contributed by atoms with E-state index in [0.29, 0.717) is 23.4 Å². The molecular formula is C19H21N3O2. The Morgan fingerprint density at radius 3 is 2.38 bits per heavy atom. The lowest BCUT2D eigenvalue weighted by Crippen LogP contribution is -2.48. The topological polar surface area (TPSA) is 50.5 Å². The number of amides is 1. The molecule has 1 aromatic carbocycles. The second-order valence-corrected chi connectivity index (χ2v) is 5.85. The third kappa shape index (κ3) is 4.20. The van der Waals surface area contributed by atoms with Gasteiger partial charge in [-0.15, -0.1) is 0 Å². The fourth-order valence-corrected chi connectivity index (χ4v) is 2.77. The Kier molecular flexibility index (Phi) is 5.23. The number of piperazine rings is 1. The molecule has 0 bridgehead atoms. The van der Waals surface area contributed by atoms with Crippen LogP contribution in [0.25, 0.3) is 6.08 Å². The number of benzene rings is 1. The highest BCUT2D eigenvalue weighted by Crippen LogP contribution is 2.08. The SMILES string of the molecule is O=C(c1cc[n+]([O-])cc1)N1CCN(C/C=C/c2ccccc2)CC1. The van der Waals surface area contributed by atoms with E-state index in [1.54, 1.807) is 12.1 Å². The van der Waals surface area contributed by atoms with E-state index in [0.717, 1.165) is 19.6 Å². The Morgan fingerprint density at radius 1 is 1.04 bits per heavy atom. The molecular weight excluding hydrogens is 302 g/mol. The van der Waals surface area contributed by atoms with Crippen LogP contribution in [-0.2, 0) is 0 Å². The third-order valence-corrected chi connectivity index (χ3v) is 4.18. The molecule has 124 valence electrons. The molecule has 2 aromatic rings. The summed E-state index contributed by atoms with van der Waals surface area (Å²) in [5.41, 5.74) is 1.77. The minimum absolute atomic E-state index is 0.00456. The van der Waals surface area contributed by atoms with E-state index in [1.165, 1.54) is 18.0 Å². The molecule has 0 spiro atoms.